The lowest BCUT2D eigenvalue weighted by Crippen LogP contribution is -2.35. The van der Waals surface area contributed by atoms with Gasteiger partial charge in [-0.15, -0.1) is 0 Å². The molecule has 0 radical (unpaired) electrons. The van der Waals surface area contributed by atoms with Gasteiger partial charge in [0.2, 0.25) is 0 Å². The molecule has 1 atom stereocenters. The Kier molecular flexibility index (Phi) is 2.09. The Morgan fingerprint density at radius 2 is 1.75 bits per heavy atom. The van der Waals surface area contributed by atoms with E-state index in [1.54, 1.807) is 24.4 Å². The first-order valence-electron chi connectivity index (χ1n) is 6.41. The number of nitrogens with one attached hydrogen (secondary N) is 2. The molecular formula is C16H12N2O2. The molecule has 1 aliphatic heterocycles. The van der Waals surface area contributed by atoms with Crippen LogP contribution in [0.2, 0.25) is 0 Å². The van der Waals surface area contributed by atoms with E-state index in [0.29, 0.717) is 16.8 Å². The zero-order valence-electron chi connectivity index (χ0n) is 10.6. The summed E-state index contributed by atoms with van der Waals surface area (Å²) in [4.78, 5) is 15.4. The number of amides is 1. The molecule has 3 aromatic rings. The first-order chi connectivity index (χ1) is 9.71. The van der Waals surface area contributed by atoms with Crippen molar-refractivity contribution in [3.8, 4) is 0 Å². The first kappa shape index (κ1) is 11.3. The number of hydrogen-bond acceptors (Lipinski definition) is 2. The van der Waals surface area contributed by atoms with Crippen LogP contribution >= 0.6 is 0 Å². The minimum Gasteiger partial charge on any atom is -0.372 e. The number of para-hydroxylation sites is 1. The first-order valence-corrected chi connectivity index (χ1v) is 6.41. The predicted molar refractivity (Wildman–Crippen MR) is 76.4 cm³/mol. The molecule has 3 N–H and O–H groups in total. The molecule has 2 aromatic carbocycles. The van der Waals surface area contributed by atoms with E-state index in [1.165, 1.54) is 0 Å². The summed E-state index contributed by atoms with van der Waals surface area (Å²) < 4.78 is 0. The normalized spacial score (nSPS) is 20.9. The average Bonchev–Trinajstić information content (AvgIpc) is 3.03. The Morgan fingerprint density at radius 3 is 2.65 bits per heavy atom. The highest BCUT2D eigenvalue weighted by molar-refractivity contribution is 6.09. The molecule has 0 aliphatic carbocycles. The molecular weight excluding hydrogens is 252 g/mol. The zero-order valence-corrected chi connectivity index (χ0v) is 10.6. The van der Waals surface area contributed by atoms with Crippen molar-refractivity contribution in [3.05, 3.63) is 65.9 Å². The van der Waals surface area contributed by atoms with E-state index in [1.807, 2.05) is 30.3 Å². The van der Waals surface area contributed by atoms with Crippen LogP contribution in [0, 0.1) is 0 Å². The Bertz CT molecular complexity index is 837. The smallest absolute Gasteiger partial charge is 0.265 e. The van der Waals surface area contributed by atoms with Gasteiger partial charge in [-0.05, 0) is 18.2 Å². The number of H-pyrrole nitrogens is 1. The summed E-state index contributed by atoms with van der Waals surface area (Å²) in [5.74, 6) is -0.410. The summed E-state index contributed by atoms with van der Waals surface area (Å²) in [6, 6.07) is 14.6. The molecule has 4 rings (SSSR count). The number of benzene rings is 2. The third-order valence-electron chi connectivity index (χ3n) is 3.88. The molecule has 2 heterocycles. The van der Waals surface area contributed by atoms with Gasteiger partial charge in [-0.2, -0.15) is 0 Å². The second-order valence-corrected chi connectivity index (χ2v) is 4.95. The predicted octanol–water partition coefficient (Wildman–Crippen LogP) is 2.36. The van der Waals surface area contributed by atoms with Crippen LogP contribution in [0.5, 0.6) is 0 Å². The summed E-state index contributed by atoms with van der Waals surface area (Å²) in [5, 5.41) is 14.7. The van der Waals surface area contributed by atoms with Crippen LogP contribution in [-0.2, 0) is 10.4 Å². The highest BCUT2D eigenvalue weighted by Gasteiger charge is 2.47. The molecule has 20 heavy (non-hydrogen) atoms. The maximum Gasteiger partial charge on any atom is 0.265 e. The van der Waals surface area contributed by atoms with Crippen molar-refractivity contribution in [2.75, 3.05) is 5.32 Å². The van der Waals surface area contributed by atoms with E-state index in [4.69, 9.17) is 0 Å². The lowest BCUT2D eigenvalue weighted by molar-refractivity contribution is -0.129. The van der Waals surface area contributed by atoms with E-state index < -0.39 is 11.5 Å². The standard InChI is InChI=1S/C16H12N2O2/c19-15-16(20,12-4-1-2-6-14(12)18-15)11-5-3-7-13-10(11)8-9-17-13/h1-9,17,20H,(H,18,19). The third-order valence-corrected chi connectivity index (χ3v) is 3.88. The van der Waals surface area contributed by atoms with Gasteiger partial charge >= 0.3 is 0 Å². The molecule has 0 fully saturated rings. The Balaban J connectivity index is 2.06. The molecule has 0 saturated heterocycles. The number of fused-ring (bicyclic) bond motifs is 2. The number of aromatic nitrogens is 1. The van der Waals surface area contributed by atoms with Crippen molar-refractivity contribution in [2.24, 2.45) is 0 Å². The lowest BCUT2D eigenvalue weighted by Gasteiger charge is -2.22. The zero-order chi connectivity index (χ0) is 13.7. The van der Waals surface area contributed by atoms with Gasteiger partial charge in [0.05, 0.1) is 0 Å². The molecule has 4 heteroatoms. The molecule has 0 saturated carbocycles. The number of hydrogen-bond donors (Lipinski definition) is 3. The van der Waals surface area contributed by atoms with E-state index in [-0.39, 0.29) is 0 Å². The number of anilines is 1. The van der Waals surface area contributed by atoms with Gasteiger partial charge in [-0.3, -0.25) is 4.79 Å². The maximum absolute atomic E-state index is 12.3. The highest BCUT2D eigenvalue weighted by Crippen LogP contribution is 2.42. The van der Waals surface area contributed by atoms with Crippen LogP contribution < -0.4 is 5.32 Å². The summed E-state index contributed by atoms with van der Waals surface area (Å²) >= 11 is 0. The molecule has 0 bridgehead atoms. The van der Waals surface area contributed by atoms with Crippen molar-refractivity contribution >= 4 is 22.5 Å². The van der Waals surface area contributed by atoms with Crippen molar-refractivity contribution < 1.29 is 9.90 Å². The Labute approximate surface area is 115 Å². The van der Waals surface area contributed by atoms with Gasteiger partial charge in [0, 0.05) is 33.9 Å². The van der Waals surface area contributed by atoms with Crippen molar-refractivity contribution in [1.29, 1.82) is 0 Å². The Morgan fingerprint density at radius 1 is 0.950 bits per heavy atom. The van der Waals surface area contributed by atoms with Gasteiger partial charge < -0.3 is 15.4 Å². The van der Waals surface area contributed by atoms with Crippen LogP contribution in [0.15, 0.2) is 54.7 Å². The van der Waals surface area contributed by atoms with E-state index in [2.05, 4.69) is 10.3 Å². The van der Waals surface area contributed by atoms with Crippen LogP contribution in [-0.4, -0.2) is 16.0 Å². The quantitative estimate of drug-likeness (QED) is 0.631. The lowest BCUT2D eigenvalue weighted by atomic mass is 9.85. The monoisotopic (exact) mass is 264 g/mol. The molecule has 1 unspecified atom stereocenters. The second kappa shape index (κ2) is 3.71. The molecule has 1 amide bonds. The highest BCUT2D eigenvalue weighted by atomic mass is 16.3. The fourth-order valence-electron chi connectivity index (χ4n) is 2.91. The molecule has 1 aromatic heterocycles. The summed E-state index contributed by atoms with van der Waals surface area (Å²) in [5.41, 5.74) is 1.11. The second-order valence-electron chi connectivity index (χ2n) is 4.95. The van der Waals surface area contributed by atoms with Gasteiger partial charge in [-0.1, -0.05) is 30.3 Å². The van der Waals surface area contributed by atoms with Gasteiger partial charge in [0.25, 0.3) is 5.91 Å². The van der Waals surface area contributed by atoms with Crippen molar-refractivity contribution in [3.63, 3.8) is 0 Å². The van der Waals surface area contributed by atoms with Crippen LogP contribution in [0.3, 0.4) is 0 Å². The maximum atomic E-state index is 12.3. The molecule has 4 nitrogen and oxygen atoms in total. The number of rotatable bonds is 1. The fraction of sp³-hybridized carbons (Fsp3) is 0.0625. The minimum atomic E-state index is -1.64. The van der Waals surface area contributed by atoms with E-state index in [9.17, 15) is 9.90 Å². The van der Waals surface area contributed by atoms with Gasteiger partial charge in [0.15, 0.2) is 5.60 Å². The van der Waals surface area contributed by atoms with E-state index >= 15 is 0 Å². The van der Waals surface area contributed by atoms with Gasteiger partial charge in [0.1, 0.15) is 0 Å². The van der Waals surface area contributed by atoms with Crippen LogP contribution in [0.4, 0.5) is 5.69 Å². The van der Waals surface area contributed by atoms with Crippen molar-refractivity contribution in [1.82, 2.24) is 4.98 Å². The third kappa shape index (κ3) is 1.26. The molecule has 1 aliphatic rings. The average molecular weight is 264 g/mol. The SMILES string of the molecule is O=C1Nc2ccccc2C1(O)c1cccc2[nH]ccc12. The fourth-order valence-corrected chi connectivity index (χ4v) is 2.91. The minimum absolute atomic E-state index is 0.410. The van der Waals surface area contributed by atoms with Crippen LogP contribution in [0.1, 0.15) is 11.1 Å². The largest absolute Gasteiger partial charge is 0.372 e. The number of carbonyl (C=O) groups excluding carboxylic acids is 1. The van der Waals surface area contributed by atoms with Gasteiger partial charge in [-0.25, -0.2) is 0 Å². The van der Waals surface area contributed by atoms with Crippen LogP contribution in [0.25, 0.3) is 10.9 Å². The molecule has 98 valence electrons. The van der Waals surface area contributed by atoms with E-state index in [0.717, 1.165) is 10.9 Å². The number of aliphatic hydroxyl groups is 1. The number of aromatic amines is 1. The summed E-state index contributed by atoms with van der Waals surface area (Å²) in [7, 11) is 0. The topological polar surface area (TPSA) is 65.1 Å². The number of carbonyl (C=O) groups is 1. The Hall–Kier alpha value is -2.59. The molecule has 0 spiro atoms. The summed E-state index contributed by atoms with van der Waals surface area (Å²) in [6.07, 6.45) is 1.80. The van der Waals surface area contributed by atoms with Crippen molar-refractivity contribution in [2.45, 2.75) is 5.60 Å². The summed E-state index contributed by atoms with van der Waals surface area (Å²) in [6.45, 7) is 0.